The molecule has 0 aliphatic carbocycles. The molecule has 0 aromatic heterocycles. The van der Waals surface area contributed by atoms with E-state index < -0.39 is 33.3 Å². The van der Waals surface area contributed by atoms with Gasteiger partial charge in [0.05, 0.1) is 13.2 Å². The molecule has 0 unspecified atom stereocenters. The van der Waals surface area contributed by atoms with Crippen molar-refractivity contribution in [3.8, 4) is 0 Å². The summed E-state index contributed by atoms with van der Waals surface area (Å²) in [6.45, 7) is -0.0350. The monoisotopic (exact) mass is 280 g/mol. The lowest BCUT2D eigenvalue weighted by Gasteiger charge is -2.06. The van der Waals surface area contributed by atoms with Gasteiger partial charge < -0.3 is 9.47 Å². The molecule has 101 valence electrons. The van der Waals surface area contributed by atoms with Crippen LogP contribution in [0.2, 0.25) is 0 Å². The number of ether oxygens (including phenoxy) is 2. The van der Waals surface area contributed by atoms with Crippen LogP contribution in [0.4, 0.5) is 8.78 Å². The summed E-state index contributed by atoms with van der Waals surface area (Å²) >= 11 is 0. The zero-order valence-corrected chi connectivity index (χ0v) is 10.4. The van der Waals surface area contributed by atoms with E-state index in [0.717, 1.165) is 12.1 Å². The molecule has 0 heterocycles. The third kappa shape index (κ3) is 4.30. The van der Waals surface area contributed by atoms with Crippen molar-refractivity contribution >= 4 is 10.0 Å². The van der Waals surface area contributed by atoms with E-state index in [1.165, 1.54) is 7.11 Å². The molecular weight excluding hydrogens is 268 g/mol. The van der Waals surface area contributed by atoms with E-state index >= 15 is 0 Å². The van der Waals surface area contributed by atoms with Crippen molar-refractivity contribution < 1.29 is 26.7 Å². The van der Waals surface area contributed by atoms with Crippen LogP contribution in [0.3, 0.4) is 0 Å². The Morgan fingerprint density at radius 1 is 1.28 bits per heavy atom. The molecule has 5 nitrogen and oxygen atoms in total. The van der Waals surface area contributed by atoms with Crippen molar-refractivity contribution in [2.45, 2.75) is 4.90 Å². The molecule has 0 N–H and O–H groups in total. The van der Waals surface area contributed by atoms with E-state index in [1.54, 1.807) is 0 Å². The molecule has 1 aromatic carbocycles. The number of methoxy groups -OCH3 is 1. The van der Waals surface area contributed by atoms with Gasteiger partial charge in [-0.15, -0.1) is 0 Å². The van der Waals surface area contributed by atoms with Crippen LogP contribution in [0.15, 0.2) is 23.1 Å². The van der Waals surface area contributed by atoms with Gasteiger partial charge in [-0.2, -0.15) is 0 Å². The fourth-order valence-corrected chi connectivity index (χ4v) is 1.99. The SMILES string of the molecule is COCCOC[N]S(=O)(=O)c1cc(F)ccc1F. The number of rotatable bonds is 7. The number of halogens is 2. The van der Waals surface area contributed by atoms with Crippen LogP contribution < -0.4 is 4.72 Å². The Hall–Kier alpha value is -1.09. The number of hydrogen-bond acceptors (Lipinski definition) is 4. The first kappa shape index (κ1) is 15.0. The maximum atomic E-state index is 13.2. The van der Waals surface area contributed by atoms with E-state index in [-0.39, 0.29) is 13.2 Å². The van der Waals surface area contributed by atoms with Crippen LogP contribution in [-0.4, -0.2) is 35.5 Å². The Labute approximate surface area is 104 Å². The first-order valence-corrected chi connectivity index (χ1v) is 6.37. The standard InChI is InChI=1S/C10H12F2NO4S/c1-16-4-5-17-7-13-18(14,15)10-6-8(11)2-3-9(10)12/h2-3,6H,4-5,7H2,1H3. The normalized spacial score (nSPS) is 11.7. The van der Waals surface area contributed by atoms with Crippen LogP contribution in [0.5, 0.6) is 0 Å². The molecule has 0 atom stereocenters. The summed E-state index contributed by atoms with van der Waals surface area (Å²) in [4.78, 5) is -0.808. The fourth-order valence-electron chi connectivity index (χ4n) is 1.06. The molecule has 1 aromatic rings. The summed E-state index contributed by atoms with van der Waals surface area (Å²) in [7, 11) is -2.80. The van der Waals surface area contributed by atoms with Gasteiger partial charge in [-0.3, -0.25) is 0 Å². The number of hydrogen-bond donors (Lipinski definition) is 0. The highest BCUT2D eigenvalue weighted by Crippen LogP contribution is 2.15. The lowest BCUT2D eigenvalue weighted by molar-refractivity contribution is 0.0678. The van der Waals surface area contributed by atoms with E-state index in [2.05, 4.69) is 9.46 Å². The Kier molecular flexibility index (Phi) is 5.60. The second kappa shape index (κ2) is 6.74. The molecule has 0 bridgehead atoms. The second-order valence-corrected chi connectivity index (χ2v) is 4.86. The highest BCUT2D eigenvalue weighted by Gasteiger charge is 2.20. The molecule has 0 fully saturated rings. The topological polar surface area (TPSA) is 66.7 Å². The molecule has 0 spiro atoms. The van der Waals surface area contributed by atoms with Gasteiger partial charge in [0.25, 0.3) is 10.0 Å². The molecule has 0 aliphatic rings. The summed E-state index contributed by atoms with van der Waals surface area (Å²) in [5.41, 5.74) is 0. The van der Waals surface area contributed by atoms with Crippen LogP contribution in [-0.2, 0) is 19.5 Å². The molecular formula is C10H12F2NO4S. The lowest BCUT2D eigenvalue weighted by atomic mass is 10.3. The van der Waals surface area contributed by atoms with E-state index in [9.17, 15) is 17.2 Å². The average Bonchev–Trinajstić information content (AvgIpc) is 2.32. The first-order chi connectivity index (χ1) is 8.47. The van der Waals surface area contributed by atoms with Crippen molar-refractivity contribution in [2.75, 3.05) is 27.1 Å². The summed E-state index contributed by atoms with van der Waals surface area (Å²) in [5.74, 6) is -1.91. The zero-order valence-electron chi connectivity index (χ0n) is 9.60. The Morgan fingerprint density at radius 3 is 2.67 bits per heavy atom. The van der Waals surface area contributed by atoms with Gasteiger partial charge in [0.2, 0.25) is 0 Å². The van der Waals surface area contributed by atoms with Gasteiger partial charge in [-0.25, -0.2) is 17.2 Å². The molecule has 8 heteroatoms. The Morgan fingerprint density at radius 2 is 2.00 bits per heavy atom. The van der Waals surface area contributed by atoms with Crippen molar-refractivity contribution in [3.05, 3.63) is 29.8 Å². The molecule has 0 saturated heterocycles. The maximum absolute atomic E-state index is 13.2. The second-order valence-electron chi connectivity index (χ2n) is 3.21. The number of benzene rings is 1. The predicted molar refractivity (Wildman–Crippen MR) is 58.4 cm³/mol. The third-order valence-electron chi connectivity index (χ3n) is 1.92. The minimum atomic E-state index is -4.26. The Bertz CT molecular complexity index is 493. The molecule has 1 radical (unpaired) electrons. The predicted octanol–water partition coefficient (Wildman–Crippen LogP) is 0.878. The van der Waals surface area contributed by atoms with Crippen molar-refractivity contribution in [3.63, 3.8) is 0 Å². The van der Waals surface area contributed by atoms with Crippen LogP contribution >= 0.6 is 0 Å². The molecule has 0 saturated carbocycles. The van der Waals surface area contributed by atoms with Gasteiger partial charge >= 0.3 is 0 Å². The molecule has 1 rings (SSSR count). The molecule has 0 amide bonds. The Balaban J connectivity index is 2.66. The van der Waals surface area contributed by atoms with E-state index in [0.29, 0.717) is 6.07 Å². The summed E-state index contributed by atoms with van der Waals surface area (Å²) in [5, 5.41) is 0. The number of nitrogens with zero attached hydrogens (tertiary/aromatic N) is 1. The van der Waals surface area contributed by atoms with Crippen molar-refractivity contribution in [2.24, 2.45) is 0 Å². The molecule has 18 heavy (non-hydrogen) atoms. The first-order valence-electron chi connectivity index (χ1n) is 4.93. The van der Waals surface area contributed by atoms with Crippen LogP contribution in [0.1, 0.15) is 0 Å². The largest absolute Gasteiger partial charge is 0.382 e. The fraction of sp³-hybridized carbons (Fsp3) is 0.400. The highest BCUT2D eigenvalue weighted by atomic mass is 32.2. The van der Waals surface area contributed by atoms with Crippen LogP contribution in [0.25, 0.3) is 0 Å². The minimum absolute atomic E-state index is 0.154. The van der Waals surface area contributed by atoms with Crippen molar-refractivity contribution in [1.82, 2.24) is 4.72 Å². The number of sulfonamides is 1. The van der Waals surface area contributed by atoms with Crippen LogP contribution in [0, 0.1) is 11.6 Å². The highest BCUT2D eigenvalue weighted by molar-refractivity contribution is 7.89. The minimum Gasteiger partial charge on any atom is -0.382 e. The summed E-state index contributed by atoms with van der Waals surface area (Å²) in [6, 6.07) is 2.12. The van der Waals surface area contributed by atoms with Gasteiger partial charge in [0, 0.05) is 7.11 Å². The molecule has 0 aliphatic heterocycles. The van der Waals surface area contributed by atoms with Gasteiger partial charge in [0.1, 0.15) is 23.3 Å². The summed E-state index contributed by atoms with van der Waals surface area (Å²) < 4.78 is 61.9. The zero-order chi connectivity index (χ0) is 13.6. The van der Waals surface area contributed by atoms with Gasteiger partial charge in [-0.05, 0) is 18.2 Å². The van der Waals surface area contributed by atoms with Gasteiger partial charge in [-0.1, -0.05) is 4.72 Å². The van der Waals surface area contributed by atoms with E-state index in [1.807, 2.05) is 0 Å². The summed E-state index contributed by atoms with van der Waals surface area (Å²) in [6.07, 6.45) is 0. The average molecular weight is 280 g/mol. The third-order valence-corrected chi connectivity index (χ3v) is 3.23. The smallest absolute Gasteiger partial charge is 0.262 e. The lowest BCUT2D eigenvalue weighted by Crippen LogP contribution is -2.21. The quantitative estimate of drug-likeness (QED) is 0.695. The van der Waals surface area contributed by atoms with Crippen molar-refractivity contribution in [1.29, 1.82) is 0 Å². The maximum Gasteiger partial charge on any atom is 0.262 e. The van der Waals surface area contributed by atoms with Gasteiger partial charge in [0.15, 0.2) is 0 Å². The van der Waals surface area contributed by atoms with E-state index in [4.69, 9.17) is 4.74 Å².